The molecule has 0 spiro atoms. The lowest BCUT2D eigenvalue weighted by Gasteiger charge is -2.32. The second-order valence-electron chi connectivity index (χ2n) is 7.69. The number of aromatic amines is 1. The molecule has 1 aromatic carbocycles. The summed E-state index contributed by atoms with van der Waals surface area (Å²) in [5.74, 6) is -0.00608. The van der Waals surface area contributed by atoms with E-state index < -0.39 is 6.10 Å². The highest BCUT2D eigenvalue weighted by Gasteiger charge is 2.30. The average Bonchev–Trinajstić information content (AvgIpc) is 3.19. The molecular formula is C22H24ClN5O2. The molecule has 30 heavy (non-hydrogen) atoms. The molecular weight excluding hydrogens is 402 g/mol. The van der Waals surface area contributed by atoms with E-state index in [0.29, 0.717) is 18.1 Å². The zero-order valence-electron chi connectivity index (χ0n) is 17.0. The van der Waals surface area contributed by atoms with Gasteiger partial charge in [0.25, 0.3) is 5.91 Å². The van der Waals surface area contributed by atoms with E-state index >= 15 is 0 Å². The van der Waals surface area contributed by atoms with Gasteiger partial charge in [-0.1, -0.05) is 23.7 Å². The van der Waals surface area contributed by atoms with Gasteiger partial charge in [-0.05, 0) is 44.9 Å². The molecule has 0 unspecified atom stereocenters. The number of carbonyl (C=O) groups is 1. The van der Waals surface area contributed by atoms with Crippen molar-refractivity contribution in [2.24, 2.45) is 0 Å². The van der Waals surface area contributed by atoms with Gasteiger partial charge in [0.1, 0.15) is 18.1 Å². The highest BCUT2D eigenvalue weighted by Crippen LogP contribution is 2.39. The maximum atomic E-state index is 12.1. The van der Waals surface area contributed by atoms with Gasteiger partial charge in [0.15, 0.2) is 0 Å². The van der Waals surface area contributed by atoms with Crippen molar-refractivity contribution in [3.05, 3.63) is 53.1 Å². The Labute approximate surface area is 180 Å². The van der Waals surface area contributed by atoms with E-state index in [0.717, 1.165) is 46.7 Å². The van der Waals surface area contributed by atoms with Crippen molar-refractivity contribution in [3.8, 4) is 22.5 Å². The number of halogens is 1. The number of hydrogen-bond donors (Lipinski definition) is 2. The molecule has 2 aromatic heterocycles. The fourth-order valence-corrected chi connectivity index (χ4v) is 4.10. The predicted octanol–water partition coefficient (Wildman–Crippen LogP) is 3.58. The second kappa shape index (κ2) is 8.53. The molecule has 156 valence electrons. The van der Waals surface area contributed by atoms with Crippen molar-refractivity contribution in [2.75, 3.05) is 13.1 Å². The maximum Gasteiger partial charge on any atom is 0.251 e. The highest BCUT2D eigenvalue weighted by molar-refractivity contribution is 6.30. The lowest BCUT2D eigenvalue weighted by molar-refractivity contribution is -0.140. The summed E-state index contributed by atoms with van der Waals surface area (Å²) in [7, 11) is 0. The van der Waals surface area contributed by atoms with Gasteiger partial charge in [-0.2, -0.15) is 5.10 Å². The van der Waals surface area contributed by atoms with E-state index in [1.165, 1.54) is 6.92 Å². The van der Waals surface area contributed by atoms with Crippen molar-refractivity contribution >= 4 is 17.5 Å². The molecule has 8 heteroatoms. The largest absolute Gasteiger partial charge is 0.384 e. The van der Waals surface area contributed by atoms with Crippen LogP contribution in [0.1, 0.15) is 37.1 Å². The molecule has 7 nitrogen and oxygen atoms in total. The van der Waals surface area contributed by atoms with Gasteiger partial charge < -0.3 is 10.0 Å². The topological polar surface area (TPSA) is 95.0 Å². The molecule has 3 aromatic rings. The number of rotatable bonds is 4. The lowest BCUT2D eigenvalue weighted by atomic mass is 9.88. The number of piperidine rings is 1. The Hall–Kier alpha value is -2.77. The number of aromatic nitrogens is 4. The number of H-pyrrole nitrogens is 1. The Morgan fingerprint density at radius 1 is 1.23 bits per heavy atom. The SMILES string of the molecule is Cc1cc(-c2c(-c3ccc(Cl)cc3)n[nH]c2C2CCN(C(=O)[C@@H](C)O)CC2)ncn1. The van der Waals surface area contributed by atoms with Gasteiger partial charge >= 0.3 is 0 Å². The van der Waals surface area contributed by atoms with Crippen LogP contribution in [0.15, 0.2) is 36.7 Å². The number of nitrogens with zero attached hydrogens (tertiary/aromatic N) is 4. The Kier molecular flexibility index (Phi) is 5.83. The molecule has 2 N–H and O–H groups in total. The van der Waals surface area contributed by atoms with Crippen LogP contribution in [0.2, 0.25) is 5.02 Å². The fourth-order valence-electron chi connectivity index (χ4n) is 3.97. The molecule has 1 aliphatic heterocycles. The molecule has 1 saturated heterocycles. The van der Waals surface area contributed by atoms with Crippen LogP contribution in [0.25, 0.3) is 22.5 Å². The molecule has 1 amide bonds. The summed E-state index contributed by atoms with van der Waals surface area (Å²) in [6, 6.07) is 9.55. The van der Waals surface area contributed by atoms with Crippen molar-refractivity contribution in [3.63, 3.8) is 0 Å². The van der Waals surface area contributed by atoms with E-state index in [-0.39, 0.29) is 11.8 Å². The Bertz CT molecular complexity index is 1040. The molecule has 1 fully saturated rings. The monoisotopic (exact) mass is 425 g/mol. The zero-order chi connectivity index (χ0) is 21.3. The average molecular weight is 426 g/mol. The summed E-state index contributed by atoms with van der Waals surface area (Å²) in [6.45, 7) is 4.65. The summed E-state index contributed by atoms with van der Waals surface area (Å²) in [5, 5.41) is 18.1. The van der Waals surface area contributed by atoms with Gasteiger partial charge in [0.05, 0.1) is 5.69 Å². The minimum Gasteiger partial charge on any atom is -0.384 e. The first-order valence-electron chi connectivity index (χ1n) is 10.0. The number of benzene rings is 1. The van der Waals surface area contributed by atoms with E-state index in [9.17, 15) is 9.90 Å². The number of carbonyl (C=O) groups excluding carboxylic acids is 1. The van der Waals surface area contributed by atoms with E-state index in [1.807, 2.05) is 37.3 Å². The van der Waals surface area contributed by atoms with E-state index in [1.54, 1.807) is 11.2 Å². The Morgan fingerprint density at radius 2 is 1.93 bits per heavy atom. The number of aryl methyl sites for hydroxylation is 1. The van der Waals surface area contributed by atoms with Gasteiger partial charge in [0.2, 0.25) is 0 Å². The molecule has 4 rings (SSSR count). The Morgan fingerprint density at radius 3 is 2.57 bits per heavy atom. The maximum absolute atomic E-state index is 12.1. The smallest absolute Gasteiger partial charge is 0.251 e. The standard InChI is InChI=1S/C22H24ClN5O2/c1-13-11-18(25-12-24-13)19-20(15-3-5-17(23)6-4-15)26-27-21(19)16-7-9-28(10-8-16)22(30)14(2)29/h3-6,11-12,14,16,29H,7-10H2,1-2H3,(H,26,27)/t14-/m1/s1. The molecule has 0 radical (unpaired) electrons. The van der Waals surface area contributed by atoms with Crippen LogP contribution in [-0.2, 0) is 4.79 Å². The number of nitrogens with one attached hydrogen (secondary N) is 1. The van der Waals surface area contributed by atoms with Crippen LogP contribution in [0.4, 0.5) is 0 Å². The number of likely N-dealkylation sites (tertiary alicyclic amines) is 1. The van der Waals surface area contributed by atoms with Gasteiger partial charge in [0, 0.05) is 46.5 Å². The van der Waals surface area contributed by atoms with Gasteiger partial charge in [-0.15, -0.1) is 0 Å². The fraction of sp³-hybridized carbons (Fsp3) is 0.364. The highest BCUT2D eigenvalue weighted by atomic mass is 35.5. The minimum absolute atomic E-state index is 0.210. The number of aliphatic hydroxyl groups is 1. The first kappa shape index (κ1) is 20.5. The first-order chi connectivity index (χ1) is 14.4. The first-order valence-corrected chi connectivity index (χ1v) is 10.4. The summed E-state index contributed by atoms with van der Waals surface area (Å²) in [4.78, 5) is 22.6. The van der Waals surface area contributed by atoms with Crippen LogP contribution in [0.3, 0.4) is 0 Å². The summed E-state index contributed by atoms with van der Waals surface area (Å²) < 4.78 is 0. The van der Waals surface area contributed by atoms with Gasteiger partial charge in [-0.25, -0.2) is 9.97 Å². The van der Waals surface area contributed by atoms with Crippen molar-refractivity contribution < 1.29 is 9.90 Å². The van der Waals surface area contributed by atoms with Crippen LogP contribution < -0.4 is 0 Å². The third-order valence-electron chi connectivity index (χ3n) is 5.54. The van der Waals surface area contributed by atoms with Crippen molar-refractivity contribution in [1.82, 2.24) is 25.1 Å². The van der Waals surface area contributed by atoms with Crippen molar-refractivity contribution in [1.29, 1.82) is 0 Å². The molecule has 1 aliphatic rings. The van der Waals surface area contributed by atoms with Crippen LogP contribution in [0.5, 0.6) is 0 Å². The number of amides is 1. The summed E-state index contributed by atoms with van der Waals surface area (Å²) in [6.07, 6.45) is 2.18. The minimum atomic E-state index is -0.968. The van der Waals surface area contributed by atoms with E-state index in [2.05, 4.69) is 20.2 Å². The molecule has 0 bridgehead atoms. The molecule has 0 aliphatic carbocycles. The third kappa shape index (κ3) is 4.08. The zero-order valence-corrected chi connectivity index (χ0v) is 17.7. The number of aliphatic hydroxyl groups excluding tert-OH is 1. The van der Waals surface area contributed by atoms with Crippen LogP contribution in [0, 0.1) is 6.92 Å². The van der Waals surface area contributed by atoms with Crippen molar-refractivity contribution in [2.45, 2.75) is 38.7 Å². The third-order valence-corrected chi connectivity index (χ3v) is 5.80. The number of hydrogen-bond acceptors (Lipinski definition) is 5. The summed E-state index contributed by atoms with van der Waals surface area (Å²) >= 11 is 6.07. The van der Waals surface area contributed by atoms with Crippen LogP contribution in [-0.4, -0.2) is 55.3 Å². The van der Waals surface area contributed by atoms with Crippen LogP contribution >= 0.6 is 11.6 Å². The normalized spacial score (nSPS) is 15.9. The molecule has 1 atom stereocenters. The predicted molar refractivity (Wildman–Crippen MR) is 115 cm³/mol. The summed E-state index contributed by atoms with van der Waals surface area (Å²) in [5.41, 5.74) is 5.45. The van der Waals surface area contributed by atoms with E-state index in [4.69, 9.17) is 11.6 Å². The quantitative estimate of drug-likeness (QED) is 0.666. The molecule has 0 saturated carbocycles. The van der Waals surface area contributed by atoms with Gasteiger partial charge in [-0.3, -0.25) is 9.89 Å². The second-order valence-corrected chi connectivity index (χ2v) is 8.12. The lowest BCUT2D eigenvalue weighted by Crippen LogP contribution is -2.42. The Balaban J connectivity index is 1.70. The molecule has 3 heterocycles.